The van der Waals surface area contributed by atoms with Crippen molar-refractivity contribution >= 4 is 0 Å². The van der Waals surface area contributed by atoms with Gasteiger partial charge in [0.05, 0.1) is 0 Å². The Labute approximate surface area is 146 Å². The number of hydrogen-bond acceptors (Lipinski definition) is 0. The van der Waals surface area contributed by atoms with Crippen molar-refractivity contribution in [3.8, 4) is 0 Å². The van der Waals surface area contributed by atoms with Crippen LogP contribution in [-0.4, -0.2) is 0 Å². The van der Waals surface area contributed by atoms with Crippen molar-refractivity contribution < 1.29 is 0 Å². The predicted molar refractivity (Wildman–Crippen MR) is 112 cm³/mol. The van der Waals surface area contributed by atoms with E-state index >= 15 is 0 Å². The average molecular weight is 315 g/mol. The fraction of sp³-hybridized carbons (Fsp3) is 0.391. The summed E-state index contributed by atoms with van der Waals surface area (Å²) >= 11 is 0. The van der Waals surface area contributed by atoms with Gasteiger partial charge in [0.2, 0.25) is 0 Å². The van der Waals surface area contributed by atoms with E-state index in [1.165, 1.54) is 22.3 Å². The normalized spacial score (nSPS) is 11.9. The van der Waals surface area contributed by atoms with Gasteiger partial charge >= 0.3 is 0 Å². The van der Waals surface area contributed by atoms with Gasteiger partial charge in [0.1, 0.15) is 0 Å². The molecule has 0 aliphatic carbocycles. The molecule has 0 saturated heterocycles. The van der Waals surface area contributed by atoms with E-state index in [4.69, 9.17) is 0 Å². The van der Waals surface area contributed by atoms with Gasteiger partial charge in [-0.05, 0) is 66.0 Å². The van der Waals surface area contributed by atoms with Crippen molar-refractivity contribution in [2.45, 2.75) is 61.8 Å². The molecule has 0 aliphatic heterocycles. The lowest BCUT2D eigenvalue weighted by molar-refractivity contribution is 1.06. The van der Waals surface area contributed by atoms with E-state index in [9.17, 15) is 0 Å². The van der Waals surface area contributed by atoms with Crippen LogP contribution in [0.2, 0.25) is 0 Å². The van der Waals surface area contributed by atoms with Crippen molar-refractivity contribution in [2.75, 3.05) is 0 Å². The van der Waals surface area contributed by atoms with Crippen molar-refractivity contribution in [1.82, 2.24) is 0 Å². The molecule has 0 aliphatic rings. The minimum Gasteiger partial charge on any atom is -0.100 e. The molecule has 0 aromatic rings. The number of hydrogen-bond donors (Lipinski definition) is 0. The molecule has 0 spiro atoms. The van der Waals surface area contributed by atoms with Crippen molar-refractivity contribution in [3.05, 3.63) is 84.1 Å². The largest absolute Gasteiger partial charge is 0.100 e. The van der Waals surface area contributed by atoms with Crippen LogP contribution in [0.1, 0.15) is 61.8 Å². The van der Waals surface area contributed by atoms with E-state index in [-0.39, 0.29) is 0 Å². The lowest BCUT2D eigenvalue weighted by atomic mass is 10.0. The van der Waals surface area contributed by atoms with Gasteiger partial charge in [-0.1, -0.05) is 73.3 Å². The van der Waals surface area contributed by atoms with Gasteiger partial charge in [0.15, 0.2) is 0 Å². The smallest absolute Gasteiger partial charge is 0.0300 e. The summed E-state index contributed by atoms with van der Waals surface area (Å²) in [4.78, 5) is 0. The van der Waals surface area contributed by atoms with Crippen LogP contribution in [0.5, 0.6) is 0 Å². The Bertz CT molecular complexity index is 458. The molecule has 0 heteroatoms. The molecule has 0 unspecified atom stereocenters. The SMILES string of the molecule is C=C(/C=C\C(C)=C/C)/C(C)=C(/C)CC.C=C(C)C.C=C/C=C\C. The van der Waals surface area contributed by atoms with E-state index in [0.29, 0.717) is 0 Å². The van der Waals surface area contributed by atoms with Gasteiger partial charge in [-0.25, -0.2) is 0 Å². The van der Waals surface area contributed by atoms with Gasteiger partial charge < -0.3 is 0 Å². The molecule has 0 radical (unpaired) electrons. The molecule has 0 nitrogen and oxygen atoms in total. The summed E-state index contributed by atoms with van der Waals surface area (Å²) in [5.41, 5.74) is 6.28. The van der Waals surface area contributed by atoms with E-state index in [2.05, 4.69) is 65.7 Å². The topological polar surface area (TPSA) is 0 Å². The maximum absolute atomic E-state index is 4.06. The number of rotatable bonds is 5. The maximum atomic E-state index is 4.06. The molecular weight excluding hydrogens is 276 g/mol. The highest BCUT2D eigenvalue weighted by atomic mass is 14.0. The summed E-state index contributed by atoms with van der Waals surface area (Å²) in [5.74, 6) is 0. The Morgan fingerprint density at radius 2 is 1.39 bits per heavy atom. The molecule has 0 N–H and O–H groups in total. The predicted octanol–water partition coefficient (Wildman–Crippen LogP) is 8.14. The Morgan fingerprint density at radius 3 is 1.65 bits per heavy atom. The maximum Gasteiger partial charge on any atom is -0.0300 e. The van der Waals surface area contributed by atoms with E-state index in [1.54, 1.807) is 6.08 Å². The first-order valence-electron chi connectivity index (χ1n) is 8.20. The van der Waals surface area contributed by atoms with Crippen molar-refractivity contribution in [3.63, 3.8) is 0 Å². The first kappa shape index (κ1) is 26.1. The minimum atomic E-state index is 1.10. The van der Waals surface area contributed by atoms with Crippen LogP contribution in [0, 0.1) is 0 Å². The monoisotopic (exact) mass is 314 g/mol. The second kappa shape index (κ2) is 18.2. The molecule has 0 aromatic heterocycles. The van der Waals surface area contributed by atoms with E-state index < -0.39 is 0 Å². The molecule has 0 rings (SSSR count). The Hall–Kier alpha value is -1.82. The fourth-order valence-corrected chi connectivity index (χ4v) is 1.13. The molecule has 130 valence electrons. The summed E-state index contributed by atoms with van der Waals surface area (Å²) in [7, 11) is 0. The Morgan fingerprint density at radius 1 is 0.913 bits per heavy atom. The quantitative estimate of drug-likeness (QED) is 0.355. The summed E-state index contributed by atoms with van der Waals surface area (Å²) in [6.07, 6.45) is 13.0. The second-order valence-electron chi connectivity index (χ2n) is 5.62. The van der Waals surface area contributed by atoms with Gasteiger partial charge in [-0.3, -0.25) is 0 Å². The molecule has 0 amide bonds. The van der Waals surface area contributed by atoms with Crippen LogP contribution >= 0.6 is 0 Å². The fourth-order valence-electron chi connectivity index (χ4n) is 1.13. The zero-order chi connectivity index (χ0) is 18.8. The lowest BCUT2D eigenvalue weighted by Crippen LogP contribution is -1.85. The van der Waals surface area contributed by atoms with Crippen LogP contribution in [0.25, 0.3) is 0 Å². The zero-order valence-corrected chi connectivity index (χ0v) is 16.8. The van der Waals surface area contributed by atoms with Crippen LogP contribution < -0.4 is 0 Å². The van der Waals surface area contributed by atoms with E-state index in [1.807, 2.05) is 39.8 Å². The zero-order valence-electron chi connectivity index (χ0n) is 16.8. The summed E-state index contributed by atoms with van der Waals surface area (Å²) in [6.45, 7) is 27.6. The Kier molecular flexibility index (Phi) is 20.7. The molecule has 0 fully saturated rings. The molecule has 0 saturated carbocycles. The van der Waals surface area contributed by atoms with Crippen LogP contribution in [0.3, 0.4) is 0 Å². The van der Waals surface area contributed by atoms with Crippen molar-refractivity contribution in [1.29, 1.82) is 0 Å². The third-order valence-electron chi connectivity index (χ3n) is 2.98. The second-order valence-corrected chi connectivity index (χ2v) is 5.62. The van der Waals surface area contributed by atoms with Gasteiger partial charge in [-0.15, -0.1) is 6.58 Å². The van der Waals surface area contributed by atoms with Gasteiger partial charge in [-0.2, -0.15) is 0 Å². The lowest BCUT2D eigenvalue weighted by Gasteiger charge is -2.05. The van der Waals surface area contributed by atoms with Gasteiger partial charge in [0.25, 0.3) is 0 Å². The molecule has 0 bridgehead atoms. The van der Waals surface area contributed by atoms with E-state index in [0.717, 1.165) is 12.0 Å². The highest BCUT2D eigenvalue weighted by Crippen LogP contribution is 2.16. The summed E-state index contributed by atoms with van der Waals surface area (Å²) in [5, 5.41) is 0. The van der Waals surface area contributed by atoms with Crippen molar-refractivity contribution in [2.24, 2.45) is 0 Å². The van der Waals surface area contributed by atoms with Gasteiger partial charge in [0, 0.05) is 0 Å². The molecule has 0 aromatic carbocycles. The van der Waals surface area contributed by atoms with Crippen LogP contribution in [-0.2, 0) is 0 Å². The molecular formula is C23H38. The molecule has 0 atom stereocenters. The first-order valence-corrected chi connectivity index (χ1v) is 8.20. The highest BCUT2D eigenvalue weighted by Gasteiger charge is 1.96. The number of allylic oxidation sites excluding steroid dienone is 11. The third-order valence-corrected chi connectivity index (χ3v) is 2.98. The van der Waals surface area contributed by atoms with Crippen LogP contribution in [0.15, 0.2) is 84.1 Å². The third kappa shape index (κ3) is 22.6. The Balaban J connectivity index is -0.000000365. The average Bonchev–Trinajstić information content (AvgIpc) is 2.51. The molecule has 0 heterocycles. The highest BCUT2D eigenvalue weighted by molar-refractivity contribution is 5.40. The minimum absolute atomic E-state index is 1.10. The first-order chi connectivity index (χ1) is 10.7. The van der Waals surface area contributed by atoms with Crippen LogP contribution in [0.4, 0.5) is 0 Å². The standard InChI is InChI=1S/C14H22.C5H8.C4H8/c1-7-11(3)9-10-13(5)14(6)12(4)8-2;1-3-5-4-2;1-4(2)3/h7,9-10H,5,8H2,1-4,6H3;3-5H,1H2,2H3;1H2,2-3H3/b10-9-,11-7-,14-12-;5-4-;. The summed E-state index contributed by atoms with van der Waals surface area (Å²) in [6, 6.07) is 0. The molecule has 23 heavy (non-hydrogen) atoms. The summed E-state index contributed by atoms with van der Waals surface area (Å²) < 4.78 is 0.